The molecule has 0 radical (unpaired) electrons. The van der Waals surface area contributed by atoms with Gasteiger partial charge >= 0.3 is 6.09 Å². The molecule has 3 atom stereocenters. The highest BCUT2D eigenvalue weighted by Crippen LogP contribution is 2.33. The lowest BCUT2D eigenvalue weighted by atomic mass is 10.1. The summed E-state index contributed by atoms with van der Waals surface area (Å²) >= 11 is 0. The monoisotopic (exact) mass is 469 g/mol. The van der Waals surface area contributed by atoms with Gasteiger partial charge in [-0.3, -0.25) is 14.2 Å². The Morgan fingerprint density at radius 2 is 2.24 bits per heavy atom. The second-order valence-electron chi connectivity index (χ2n) is 8.30. The number of rotatable bonds is 6. The molecule has 0 aliphatic carbocycles. The van der Waals surface area contributed by atoms with Crippen molar-refractivity contribution >= 4 is 23.5 Å². The van der Waals surface area contributed by atoms with Crippen molar-refractivity contribution < 1.29 is 18.7 Å². The van der Waals surface area contributed by atoms with E-state index in [9.17, 15) is 9.18 Å². The van der Waals surface area contributed by atoms with Crippen molar-refractivity contribution in [3.05, 3.63) is 42.6 Å². The van der Waals surface area contributed by atoms with E-state index < -0.39 is 24.5 Å². The quantitative estimate of drug-likeness (QED) is 0.392. The topological polar surface area (TPSA) is 136 Å². The third-order valence-electron chi connectivity index (χ3n) is 5.28. The molecule has 1 amide bonds. The number of carbonyl (C=O) groups is 1. The molecule has 1 aliphatic rings. The molecule has 0 aromatic carbocycles. The first-order chi connectivity index (χ1) is 16.4. The molecule has 178 valence electrons. The molecular weight excluding hydrogens is 445 g/mol. The molecular formula is C21H24FN9O3. The molecule has 0 spiro atoms. The Bertz CT molecular complexity index is 1310. The van der Waals surface area contributed by atoms with Crippen LogP contribution in [0.15, 0.2) is 36.9 Å². The number of imidazole rings is 1. The number of halogens is 1. The minimum absolute atomic E-state index is 0.0521. The number of H-pyrrole nitrogens is 1. The molecule has 4 aromatic rings. The fourth-order valence-electron chi connectivity index (χ4n) is 3.72. The van der Waals surface area contributed by atoms with E-state index in [2.05, 4.69) is 35.9 Å². The van der Waals surface area contributed by atoms with Crippen LogP contribution in [-0.2, 0) is 16.5 Å². The van der Waals surface area contributed by atoms with Crippen LogP contribution in [0.4, 0.5) is 21.0 Å². The average Bonchev–Trinajstić information content (AvgIpc) is 3.56. The van der Waals surface area contributed by atoms with Crippen LogP contribution in [0.1, 0.15) is 25.6 Å². The van der Waals surface area contributed by atoms with Gasteiger partial charge in [-0.15, -0.1) is 0 Å². The van der Waals surface area contributed by atoms with Crippen molar-refractivity contribution in [2.24, 2.45) is 7.05 Å². The summed E-state index contributed by atoms with van der Waals surface area (Å²) in [5, 5.41) is 16.9. The van der Waals surface area contributed by atoms with Gasteiger partial charge in [0.05, 0.1) is 24.2 Å². The van der Waals surface area contributed by atoms with Gasteiger partial charge in [0.2, 0.25) is 5.95 Å². The molecule has 1 aliphatic heterocycles. The van der Waals surface area contributed by atoms with E-state index in [4.69, 9.17) is 9.47 Å². The molecule has 5 rings (SSSR count). The van der Waals surface area contributed by atoms with Crippen molar-refractivity contribution in [3.8, 4) is 11.3 Å². The van der Waals surface area contributed by atoms with E-state index in [1.54, 1.807) is 47.6 Å². The first kappa shape index (κ1) is 21.8. The van der Waals surface area contributed by atoms with E-state index >= 15 is 0 Å². The normalized spacial score (nSPS) is 20.2. The Morgan fingerprint density at radius 3 is 3.00 bits per heavy atom. The number of fused-ring (bicyclic) bond motifs is 1. The zero-order valence-electron chi connectivity index (χ0n) is 18.8. The van der Waals surface area contributed by atoms with Gasteiger partial charge in [-0.05, 0) is 13.8 Å². The number of hydrogen-bond acceptors (Lipinski definition) is 8. The summed E-state index contributed by atoms with van der Waals surface area (Å²) in [7, 11) is 1.83. The van der Waals surface area contributed by atoms with E-state index in [1.807, 2.05) is 19.3 Å². The van der Waals surface area contributed by atoms with Gasteiger partial charge in [0, 0.05) is 49.4 Å². The number of aromatic amines is 1. The maximum atomic E-state index is 15.0. The van der Waals surface area contributed by atoms with Gasteiger partial charge in [0.15, 0.2) is 18.1 Å². The van der Waals surface area contributed by atoms with Crippen LogP contribution < -0.4 is 10.6 Å². The zero-order valence-corrected chi connectivity index (χ0v) is 18.8. The highest BCUT2D eigenvalue weighted by Gasteiger charge is 2.42. The van der Waals surface area contributed by atoms with Crippen LogP contribution in [-0.4, -0.2) is 65.4 Å². The molecule has 1 saturated heterocycles. The molecule has 0 bridgehead atoms. The molecule has 13 heteroatoms. The lowest BCUT2D eigenvalue weighted by Crippen LogP contribution is -2.36. The highest BCUT2D eigenvalue weighted by atomic mass is 19.1. The van der Waals surface area contributed by atoms with E-state index in [0.717, 1.165) is 5.56 Å². The van der Waals surface area contributed by atoms with Gasteiger partial charge < -0.3 is 20.1 Å². The number of alkyl halides is 1. The summed E-state index contributed by atoms with van der Waals surface area (Å²) in [6.07, 6.45) is 2.85. The van der Waals surface area contributed by atoms with E-state index in [-0.39, 0.29) is 12.6 Å². The number of hydrogen-bond donors (Lipinski definition) is 3. The lowest BCUT2D eigenvalue weighted by Gasteiger charge is -2.16. The summed E-state index contributed by atoms with van der Waals surface area (Å²) < 4.78 is 29.1. The lowest BCUT2D eigenvalue weighted by molar-refractivity contribution is 0.0615. The van der Waals surface area contributed by atoms with Crippen molar-refractivity contribution in [1.29, 1.82) is 0 Å². The Balaban J connectivity index is 1.33. The minimum Gasteiger partial charge on any atom is -0.441 e. The number of aromatic nitrogens is 7. The number of carbonyl (C=O) groups excluding carboxylic acids is 1. The van der Waals surface area contributed by atoms with Gasteiger partial charge in [0.25, 0.3) is 0 Å². The summed E-state index contributed by atoms with van der Waals surface area (Å²) in [6, 6.07) is 3.38. The van der Waals surface area contributed by atoms with Gasteiger partial charge in [-0.1, -0.05) is 0 Å². The van der Waals surface area contributed by atoms with Crippen LogP contribution in [0.2, 0.25) is 0 Å². The van der Waals surface area contributed by atoms with Crippen LogP contribution in [0.5, 0.6) is 0 Å². The third kappa shape index (κ3) is 4.29. The minimum atomic E-state index is -1.54. The molecule has 3 N–H and O–H groups in total. The second kappa shape index (κ2) is 8.74. The molecule has 12 nitrogen and oxygen atoms in total. The highest BCUT2D eigenvalue weighted by molar-refractivity contribution is 5.68. The van der Waals surface area contributed by atoms with Crippen molar-refractivity contribution in [2.75, 3.05) is 11.9 Å². The van der Waals surface area contributed by atoms with Crippen molar-refractivity contribution in [1.82, 2.24) is 39.7 Å². The average molecular weight is 469 g/mol. The van der Waals surface area contributed by atoms with Crippen LogP contribution in [0.25, 0.3) is 16.9 Å². The molecule has 0 saturated carbocycles. The molecule has 34 heavy (non-hydrogen) atoms. The Kier molecular flexibility index (Phi) is 5.61. The van der Waals surface area contributed by atoms with Crippen molar-refractivity contribution in [3.63, 3.8) is 0 Å². The van der Waals surface area contributed by atoms with E-state index in [1.165, 1.54) is 0 Å². The third-order valence-corrected chi connectivity index (χ3v) is 5.28. The Morgan fingerprint density at radius 1 is 1.38 bits per heavy atom. The summed E-state index contributed by atoms with van der Waals surface area (Å²) in [6.45, 7) is 3.53. The predicted molar refractivity (Wildman–Crippen MR) is 119 cm³/mol. The van der Waals surface area contributed by atoms with Crippen LogP contribution in [0, 0.1) is 0 Å². The smallest absolute Gasteiger partial charge is 0.407 e. The standard InChI is InChI=1S/C21H24FN9O3/c1-11(2)25-21(32)34-15-10-33-19(18(15)22)14-6-16(29-28-14)27-20-26-13(12-8-24-30(3)9-12)7-17-23-4-5-31(17)20/h4-9,11,15,18-19H,10H2,1-3H3,(H,25,32)(H2,26,27,28,29)/t15-,18+,19-/m1/s1. The summed E-state index contributed by atoms with van der Waals surface area (Å²) in [4.78, 5) is 20.8. The molecule has 4 aromatic heterocycles. The number of nitrogens with zero attached hydrogens (tertiary/aromatic N) is 6. The number of alkyl carbamates (subject to hydrolysis) is 1. The van der Waals surface area contributed by atoms with Gasteiger partial charge in [-0.2, -0.15) is 10.2 Å². The Hall–Kier alpha value is -4.00. The molecule has 5 heterocycles. The zero-order chi connectivity index (χ0) is 23.8. The SMILES string of the molecule is CC(C)NC(=O)O[C@@H]1CO[C@H](c2cc(Nc3nc(-c4cnn(C)c4)cc4nccn34)n[nH]2)[C@H]1F. The largest absolute Gasteiger partial charge is 0.441 e. The van der Waals surface area contributed by atoms with Crippen LogP contribution in [0.3, 0.4) is 0 Å². The number of amides is 1. The predicted octanol–water partition coefficient (Wildman–Crippen LogP) is 2.51. The van der Waals surface area contributed by atoms with E-state index in [0.29, 0.717) is 28.8 Å². The molecule has 0 unspecified atom stereocenters. The molecule has 1 fully saturated rings. The van der Waals surface area contributed by atoms with Gasteiger partial charge in [-0.25, -0.2) is 19.2 Å². The summed E-state index contributed by atoms with van der Waals surface area (Å²) in [5.41, 5.74) is 2.63. The van der Waals surface area contributed by atoms with Crippen molar-refractivity contribution in [2.45, 2.75) is 38.3 Å². The first-order valence-corrected chi connectivity index (χ1v) is 10.8. The second-order valence-corrected chi connectivity index (χ2v) is 8.30. The summed E-state index contributed by atoms with van der Waals surface area (Å²) in [5.74, 6) is 0.890. The number of anilines is 2. The number of aryl methyl sites for hydroxylation is 1. The fraction of sp³-hybridized carbons (Fsp3) is 0.381. The van der Waals surface area contributed by atoms with Crippen LogP contribution >= 0.6 is 0 Å². The maximum absolute atomic E-state index is 15.0. The Labute approximate surface area is 193 Å². The van der Waals surface area contributed by atoms with Gasteiger partial charge in [0.1, 0.15) is 11.8 Å². The first-order valence-electron chi connectivity index (χ1n) is 10.8. The fourth-order valence-corrected chi connectivity index (χ4v) is 3.72. The number of nitrogens with one attached hydrogen (secondary N) is 3. The maximum Gasteiger partial charge on any atom is 0.407 e. The number of ether oxygens (including phenoxy) is 2.